The zero-order chi connectivity index (χ0) is 17.3. The molecule has 0 radical (unpaired) electrons. The van der Waals surface area contributed by atoms with Crippen LogP contribution in [0.15, 0.2) is 24.7 Å². The number of hydrogen-bond acceptors (Lipinski definition) is 3. The Kier molecular flexibility index (Phi) is 4.62. The minimum atomic E-state index is -0.177. The van der Waals surface area contributed by atoms with E-state index >= 15 is 0 Å². The van der Waals surface area contributed by atoms with Crippen LogP contribution >= 0.6 is 11.6 Å². The second kappa shape index (κ2) is 6.68. The molecular formula is C16H20ClN5O2. The van der Waals surface area contributed by atoms with E-state index in [-0.39, 0.29) is 17.9 Å². The molecular weight excluding hydrogens is 330 g/mol. The summed E-state index contributed by atoms with van der Waals surface area (Å²) in [5, 5.41) is 7.42. The van der Waals surface area contributed by atoms with Gasteiger partial charge in [0.1, 0.15) is 5.69 Å². The molecule has 1 fully saturated rings. The molecule has 0 spiro atoms. The number of amides is 2. The van der Waals surface area contributed by atoms with Gasteiger partial charge in [0.2, 0.25) is 0 Å². The van der Waals surface area contributed by atoms with E-state index < -0.39 is 0 Å². The zero-order valence-corrected chi connectivity index (χ0v) is 14.5. The van der Waals surface area contributed by atoms with E-state index in [1.165, 1.54) is 6.20 Å². The lowest BCUT2D eigenvalue weighted by atomic mass is 10.2. The number of rotatable bonds is 4. The van der Waals surface area contributed by atoms with Crippen molar-refractivity contribution < 1.29 is 9.59 Å². The molecule has 1 aliphatic rings. The van der Waals surface area contributed by atoms with Crippen molar-refractivity contribution in [1.82, 2.24) is 24.6 Å². The van der Waals surface area contributed by atoms with Crippen molar-refractivity contribution in [2.45, 2.75) is 18.9 Å². The summed E-state index contributed by atoms with van der Waals surface area (Å²) in [4.78, 5) is 26.7. The van der Waals surface area contributed by atoms with E-state index in [2.05, 4.69) is 10.4 Å². The molecule has 1 saturated heterocycles. The summed E-state index contributed by atoms with van der Waals surface area (Å²) < 4.78 is 3.31. The van der Waals surface area contributed by atoms with Crippen LogP contribution in [0.25, 0.3) is 0 Å². The predicted molar refractivity (Wildman–Crippen MR) is 90.0 cm³/mol. The third-order valence-electron chi connectivity index (χ3n) is 4.29. The van der Waals surface area contributed by atoms with Gasteiger partial charge in [-0.1, -0.05) is 11.6 Å². The van der Waals surface area contributed by atoms with Crippen LogP contribution in [0.4, 0.5) is 0 Å². The quantitative estimate of drug-likeness (QED) is 0.908. The van der Waals surface area contributed by atoms with Gasteiger partial charge in [0.25, 0.3) is 11.8 Å². The minimum Gasteiger partial charge on any atom is -0.350 e. The van der Waals surface area contributed by atoms with E-state index in [0.29, 0.717) is 29.4 Å². The van der Waals surface area contributed by atoms with Gasteiger partial charge in [0, 0.05) is 45.6 Å². The normalized spacial score (nSPS) is 17.3. The molecule has 2 amide bonds. The standard InChI is InChI=1S/C16H20ClN5O2/c1-20-10-12(17)6-14(20)16(24)22-5-3-4-13(22)8-18-15(23)11-7-19-21(2)9-11/h6-7,9-10,13H,3-5,8H2,1-2H3,(H,18,23)/t13-/m1/s1. The Labute approximate surface area is 145 Å². The Balaban J connectivity index is 1.64. The van der Waals surface area contributed by atoms with Crippen LogP contribution in [-0.2, 0) is 14.1 Å². The molecule has 24 heavy (non-hydrogen) atoms. The Morgan fingerprint density at radius 3 is 2.79 bits per heavy atom. The maximum absolute atomic E-state index is 12.7. The molecule has 3 rings (SSSR count). The molecule has 0 bridgehead atoms. The van der Waals surface area contributed by atoms with Gasteiger partial charge in [-0.25, -0.2) is 0 Å². The van der Waals surface area contributed by atoms with Crippen LogP contribution < -0.4 is 5.32 Å². The number of nitrogens with one attached hydrogen (secondary N) is 1. The molecule has 0 saturated carbocycles. The van der Waals surface area contributed by atoms with Crippen LogP contribution in [0, 0.1) is 0 Å². The highest BCUT2D eigenvalue weighted by Gasteiger charge is 2.31. The summed E-state index contributed by atoms with van der Waals surface area (Å²) in [6.07, 6.45) is 6.70. The summed E-state index contributed by atoms with van der Waals surface area (Å²) in [5.41, 5.74) is 1.08. The van der Waals surface area contributed by atoms with Crippen LogP contribution in [0.1, 0.15) is 33.7 Å². The third-order valence-corrected chi connectivity index (χ3v) is 4.50. The monoisotopic (exact) mass is 349 g/mol. The van der Waals surface area contributed by atoms with Crippen LogP contribution in [-0.4, -0.2) is 50.2 Å². The van der Waals surface area contributed by atoms with Crippen molar-refractivity contribution in [3.8, 4) is 0 Å². The zero-order valence-electron chi connectivity index (χ0n) is 13.7. The van der Waals surface area contributed by atoms with E-state index in [1.54, 1.807) is 41.8 Å². The number of likely N-dealkylation sites (tertiary alicyclic amines) is 1. The molecule has 2 aromatic heterocycles. The Morgan fingerprint density at radius 1 is 1.38 bits per heavy atom. The van der Waals surface area contributed by atoms with E-state index in [0.717, 1.165) is 12.8 Å². The van der Waals surface area contributed by atoms with Gasteiger partial charge in [-0.05, 0) is 18.9 Å². The van der Waals surface area contributed by atoms with E-state index in [1.807, 2.05) is 4.90 Å². The molecule has 128 valence electrons. The highest BCUT2D eigenvalue weighted by Crippen LogP contribution is 2.22. The first-order valence-electron chi connectivity index (χ1n) is 7.85. The second-order valence-corrected chi connectivity index (χ2v) is 6.50. The molecule has 7 nitrogen and oxygen atoms in total. The molecule has 2 aromatic rings. The first kappa shape index (κ1) is 16.6. The van der Waals surface area contributed by atoms with Gasteiger partial charge in [-0.2, -0.15) is 5.10 Å². The number of aromatic nitrogens is 3. The fourth-order valence-electron chi connectivity index (χ4n) is 3.05. The number of carbonyl (C=O) groups excluding carboxylic acids is 2. The van der Waals surface area contributed by atoms with Gasteiger partial charge in [0.15, 0.2) is 0 Å². The van der Waals surface area contributed by atoms with Gasteiger partial charge in [-0.3, -0.25) is 14.3 Å². The first-order valence-corrected chi connectivity index (χ1v) is 8.23. The van der Waals surface area contributed by atoms with Crippen LogP contribution in [0.2, 0.25) is 5.02 Å². The van der Waals surface area contributed by atoms with Crippen LogP contribution in [0.3, 0.4) is 0 Å². The Morgan fingerprint density at radius 2 is 2.17 bits per heavy atom. The maximum atomic E-state index is 12.7. The number of aryl methyl sites for hydroxylation is 2. The first-order chi connectivity index (χ1) is 11.5. The van der Waals surface area contributed by atoms with Gasteiger partial charge in [0.05, 0.1) is 16.8 Å². The SMILES string of the molecule is Cn1cc(C(=O)NC[C@H]2CCCN2C(=O)c2cc(Cl)cn2C)cn1. The molecule has 8 heteroatoms. The molecule has 1 atom stereocenters. The molecule has 0 aromatic carbocycles. The van der Waals surface area contributed by atoms with Gasteiger partial charge < -0.3 is 14.8 Å². The smallest absolute Gasteiger partial charge is 0.270 e. The molecule has 0 unspecified atom stereocenters. The molecule has 3 heterocycles. The predicted octanol–water partition coefficient (Wildman–Crippen LogP) is 1.45. The summed E-state index contributed by atoms with van der Waals surface area (Å²) in [6, 6.07) is 1.67. The lowest BCUT2D eigenvalue weighted by Gasteiger charge is -2.25. The highest BCUT2D eigenvalue weighted by atomic mass is 35.5. The molecule has 0 aliphatic carbocycles. The highest BCUT2D eigenvalue weighted by molar-refractivity contribution is 6.31. The number of nitrogens with zero attached hydrogens (tertiary/aromatic N) is 4. The Bertz CT molecular complexity index is 766. The van der Waals surface area contributed by atoms with Crippen molar-refractivity contribution in [2.24, 2.45) is 14.1 Å². The second-order valence-electron chi connectivity index (χ2n) is 6.06. The summed E-state index contributed by atoms with van der Waals surface area (Å²) in [5.74, 6) is -0.230. The summed E-state index contributed by atoms with van der Waals surface area (Å²) in [6.45, 7) is 1.12. The number of hydrogen-bond donors (Lipinski definition) is 1. The summed E-state index contributed by atoms with van der Waals surface area (Å²) >= 11 is 5.97. The van der Waals surface area contributed by atoms with E-state index in [4.69, 9.17) is 11.6 Å². The van der Waals surface area contributed by atoms with E-state index in [9.17, 15) is 9.59 Å². The summed E-state index contributed by atoms with van der Waals surface area (Å²) in [7, 11) is 3.56. The number of halogens is 1. The topological polar surface area (TPSA) is 72.2 Å². The van der Waals surface area contributed by atoms with Crippen molar-refractivity contribution in [3.63, 3.8) is 0 Å². The fraction of sp³-hybridized carbons (Fsp3) is 0.438. The minimum absolute atomic E-state index is 0.00760. The third kappa shape index (κ3) is 3.31. The maximum Gasteiger partial charge on any atom is 0.270 e. The van der Waals surface area contributed by atoms with Crippen LogP contribution in [0.5, 0.6) is 0 Å². The molecule has 1 N–H and O–H groups in total. The molecule has 1 aliphatic heterocycles. The fourth-order valence-corrected chi connectivity index (χ4v) is 3.30. The number of carbonyl (C=O) groups is 2. The van der Waals surface area contributed by atoms with Crippen molar-refractivity contribution in [1.29, 1.82) is 0 Å². The van der Waals surface area contributed by atoms with Crippen molar-refractivity contribution in [2.75, 3.05) is 13.1 Å². The van der Waals surface area contributed by atoms with Gasteiger partial charge in [-0.15, -0.1) is 0 Å². The largest absolute Gasteiger partial charge is 0.350 e. The van der Waals surface area contributed by atoms with Gasteiger partial charge >= 0.3 is 0 Å². The average molecular weight is 350 g/mol. The average Bonchev–Trinajstić information content (AvgIpc) is 3.24. The lowest BCUT2D eigenvalue weighted by Crippen LogP contribution is -2.43. The Hall–Kier alpha value is -2.28. The van der Waals surface area contributed by atoms with Crippen molar-refractivity contribution in [3.05, 3.63) is 40.9 Å². The lowest BCUT2D eigenvalue weighted by molar-refractivity contribution is 0.0716. The van der Waals surface area contributed by atoms with Crippen molar-refractivity contribution >= 4 is 23.4 Å².